The van der Waals surface area contributed by atoms with Crippen LogP contribution < -0.4 is 0 Å². The number of nitrogens with zero attached hydrogens (tertiary/aromatic N) is 3. The molecule has 3 rings (SSSR count). The molecule has 6 nitrogen and oxygen atoms in total. The molecule has 0 N–H and O–H groups in total. The number of likely N-dealkylation sites (tertiary alicyclic amines) is 1. The van der Waals surface area contributed by atoms with Crippen molar-refractivity contribution in [2.45, 2.75) is 39.7 Å². The number of hydrogen-bond donors (Lipinski definition) is 0. The van der Waals surface area contributed by atoms with Crippen LogP contribution in [0.4, 0.5) is 4.39 Å². The van der Waals surface area contributed by atoms with E-state index in [1.165, 1.54) is 6.07 Å². The minimum Gasteiger partial charge on any atom is -0.383 e. The van der Waals surface area contributed by atoms with Crippen molar-refractivity contribution >= 4 is 5.91 Å². The van der Waals surface area contributed by atoms with Gasteiger partial charge in [-0.2, -0.15) is 0 Å². The molecular weight excluding hydrogens is 385 g/mol. The summed E-state index contributed by atoms with van der Waals surface area (Å²) in [6.45, 7) is 7.98. The van der Waals surface area contributed by atoms with E-state index >= 15 is 0 Å². The van der Waals surface area contributed by atoms with Gasteiger partial charge in [0.05, 0.1) is 18.7 Å². The molecule has 30 heavy (non-hydrogen) atoms. The summed E-state index contributed by atoms with van der Waals surface area (Å²) in [5, 5.41) is 3.95. The van der Waals surface area contributed by atoms with Crippen LogP contribution in [0, 0.1) is 25.6 Å². The van der Waals surface area contributed by atoms with Crippen molar-refractivity contribution in [3.8, 4) is 0 Å². The number of ether oxygens (including phenoxy) is 1. The van der Waals surface area contributed by atoms with Crippen molar-refractivity contribution in [2.24, 2.45) is 5.92 Å². The SMILES string of the molecule is COCCN(CC1CCN(Cc2ccccc2F)CC1)C(=O)Cc1c(C)noc1C. The summed E-state index contributed by atoms with van der Waals surface area (Å²) in [7, 11) is 1.65. The summed E-state index contributed by atoms with van der Waals surface area (Å²) in [5.74, 6) is 1.08. The number of carbonyl (C=O) groups is 1. The van der Waals surface area contributed by atoms with Gasteiger partial charge in [0.2, 0.25) is 5.91 Å². The minimum absolute atomic E-state index is 0.0789. The Morgan fingerprint density at radius 2 is 2.03 bits per heavy atom. The molecule has 0 aliphatic carbocycles. The van der Waals surface area contributed by atoms with Crippen LogP contribution in [0.3, 0.4) is 0 Å². The molecule has 1 saturated heterocycles. The normalized spacial score (nSPS) is 15.5. The predicted molar refractivity (Wildman–Crippen MR) is 113 cm³/mol. The fourth-order valence-corrected chi connectivity index (χ4v) is 4.04. The van der Waals surface area contributed by atoms with Gasteiger partial charge in [-0.3, -0.25) is 9.69 Å². The Labute approximate surface area is 178 Å². The van der Waals surface area contributed by atoms with Gasteiger partial charge in [0.15, 0.2) is 0 Å². The third kappa shape index (κ3) is 5.89. The van der Waals surface area contributed by atoms with Gasteiger partial charge in [-0.15, -0.1) is 0 Å². The van der Waals surface area contributed by atoms with Crippen molar-refractivity contribution in [1.82, 2.24) is 15.0 Å². The molecular formula is C23H32FN3O3. The monoisotopic (exact) mass is 417 g/mol. The molecule has 1 aliphatic rings. The van der Waals surface area contributed by atoms with E-state index in [0.717, 1.165) is 49.3 Å². The first-order valence-corrected chi connectivity index (χ1v) is 10.6. The Morgan fingerprint density at radius 3 is 2.67 bits per heavy atom. The van der Waals surface area contributed by atoms with Crippen LogP contribution in [0.25, 0.3) is 0 Å². The summed E-state index contributed by atoms with van der Waals surface area (Å²) < 4.78 is 24.3. The Balaban J connectivity index is 1.54. The van der Waals surface area contributed by atoms with Crippen LogP contribution in [-0.2, 0) is 22.5 Å². The molecule has 2 heterocycles. The average molecular weight is 418 g/mol. The highest BCUT2D eigenvalue weighted by Gasteiger charge is 2.25. The van der Waals surface area contributed by atoms with Gasteiger partial charge in [-0.1, -0.05) is 23.4 Å². The Bertz CT molecular complexity index is 811. The van der Waals surface area contributed by atoms with E-state index in [-0.39, 0.29) is 11.7 Å². The molecule has 7 heteroatoms. The van der Waals surface area contributed by atoms with Gasteiger partial charge in [0.1, 0.15) is 11.6 Å². The van der Waals surface area contributed by atoms with Gasteiger partial charge < -0.3 is 14.2 Å². The quantitative estimate of drug-likeness (QED) is 0.626. The number of piperidine rings is 1. The maximum Gasteiger partial charge on any atom is 0.227 e. The smallest absolute Gasteiger partial charge is 0.227 e. The highest BCUT2D eigenvalue weighted by Crippen LogP contribution is 2.22. The molecule has 164 valence electrons. The molecule has 0 saturated carbocycles. The molecule has 1 aliphatic heterocycles. The van der Waals surface area contributed by atoms with Gasteiger partial charge in [-0.05, 0) is 51.8 Å². The third-order valence-corrected chi connectivity index (χ3v) is 5.96. The first-order chi connectivity index (χ1) is 14.5. The first-order valence-electron chi connectivity index (χ1n) is 10.6. The lowest BCUT2D eigenvalue weighted by atomic mass is 9.95. The van der Waals surface area contributed by atoms with Crippen LogP contribution in [0.5, 0.6) is 0 Å². The summed E-state index contributed by atoms with van der Waals surface area (Å²) in [5.41, 5.74) is 2.39. The summed E-state index contributed by atoms with van der Waals surface area (Å²) >= 11 is 0. The highest BCUT2D eigenvalue weighted by molar-refractivity contribution is 5.79. The van der Waals surface area contributed by atoms with Crippen LogP contribution in [0.2, 0.25) is 0 Å². The fourth-order valence-electron chi connectivity index (χ4n) is 4.04. The second-order valence-corrected chi connectivity index (χ2v) is 8.12. The van der Waals surface area contributed by atoms with Crippen molar-refractivity contribution < 1.29 is 18.4 Å². The second kappa shape index (κ2) is 10.7. The molecule has 0 spiro atoms. The fraction of sp³-hybridized carbons (Fsp3) is 0.565. The number of aromatic nitrogens is 1. The molecule has 1 fully saturated rings. The third-order valence-electron chi connectivity index (χ3n) is 5.96. The number of hydrogen-bond acceptors (Lipinski definition) is 5. The van der Waals surface area contributed by atoms with Crippen molar-refractivity contribution in [1.29, 1.82) is 0 Å². The van der Waals surface area contributed by atoms with E-state index in [9.17, 15) is 9.18 Å². The number of benzene rings is 1. The van der Waals surface area contributed by atoms with E-state index in [2.05, 4.69) is 10.1 Å². The summed E-state index contributed by atoms with van der Waals surface area (Å²) in [6.07, 6.45) is 2.30. The second-order valence-electron chi connectivity index (χ2n) is 8.12. The number of aryl methyl sites for hydroxylation is 2. The van der Waals surface area contributed by atoms with E-state index in [0.29, 0.717) is 37.8 Å². The van der Waals surface area contributed by atoms with Gasteiger partial charge in [0.25, 0.3) is 0 Å². The van der Waals surface area contributed by atoms with Crippen molar-refractivity contribution in [2.75, 3.05) is 39.9 Å². The molecule has 0 unspecified atom stereocenters. The van der Waals surface area contributed by atoms with Crippen molar-refractivity contribution in [3.63, 3.8) is 0 Å². The number of rotatable bonds is 9. The zero-order valence-electron chi connectivity index (χ0n) is 18.2. The number of halogens is 1. The lowest BCUT2D eigenvalue weighted by molar-refractivity contribution is -0.132. The molecule has 1 aromatic carbocycles. The topological polar surface area (TPSA) is 58.8 Å². The largest absolute Gasteiger partial charge is 0.383 e. The van der Waals surface area contributed by atoms with E-state index in [1.807, 2.05) is 30.9 Å². The maximum atomic E-state index is 13.9. The molecule has 0 atom stereocenters. The molecule has 1 aromatic heterocycles. The lowest BCUT2D eigenvalue weighted by Crippen LogP contribution is -2.42. The molecule has 0 radical (unpaired) electrons. The van der Waals surface area contributed by atoms with E-state index in [1.54, 1.807) is 13.2 Å². The number of carbonyl (C=O) groups excluding carboxylic acids is 1. The molecule has 1 amide bonds. The van der Waals surface area contributed by atoms with E-state index in [4.69, 9.17) is 9.26 Å². The summed E-state index contributed by atoms with van der Waals surface area (Å²) in [6, 6.07) is 6.96. The lowest BCUT2D eigenvalue weighted by Gasteiger charge is -2.35. The summed E-state index contributed by atoms with van der Waals surface area (Å²) in [4.78, 5) is 17.2. The van der Waals surface area contributed by atoms with Gasteiger partial charge in [0, 0.05) is 37.9 Å². The van der Waals surface area contributed by atoms with Crippen LogP contribution in [0.1, 0.15) is 35.4 Å². The van der Waals surface area contributed by atoms with Crippen LogP contribution in [-0.4, -0.2) is 60.8 Å². The first kappa shape index (κ1) is 22.4. The number of methoxy groups -OCH3 is 1. The molecule has 2 aromatic rings. The van der Waals surface area contributed by atoms with Crippen molar-refractivity contribution in [3.05, 3.63) is 52.7 Å². The van der Waals surface area contributed by atoms with E-state index < -0.39 is 0 Å². The number of amides is 1. The average Bonchev–Trinajstić information content (AvgIpc) is 3.06. The Kier molecular flexibility index (Phi) is 7.99. The Hall–Kier alpha value is -2.25. The zero-order valence-corrected chi connectivity index (χ0v) is 18.2. The standard InChI is InChI=1S/C23H32FN3O3/c1-17-21(18(2)30-25-17)14-23(28)27(12-13-29-3)15-19-8-10-26(11-9-19)16-20-6-4-5-7-22(20)24/h4-7,19H,8-16H2,1-3H3. The zero-order chi connectivity index (χ0) is 21.5. The molecule has 0 bridgehead atoms. The van der Waals surface area contributed by atoms with Gasteiger partial charge >= 0.3 is 0 Å². The van der Waals surface area contributed by atoms with Crippen LogP contribution >= 0.6 is 0 Å². The minimum atomic E-state index is -0.143. The maximum absolute atomic E-state index is 13.9. The highest BCUT2D eigenvalue weighted by atomic mass is 19.1. The predicted octanol–water partition coefficient (Wildman–Crippen LogP) is 3.36. The van der Waals surface area contributed by atoms with Crippen LogP contribution in [0.15, 0.2) is 28.8 Å². The Morgan fingerprint density at radius 1 is 1.30 bits per heavy atom. The van der Waals surface area contributed by atoms with Gasteiger partial charge in [-0.25, -0.2) is 4.39 Å².